The van der Waals surface area contributed by atoms with Gasteiger partial charge in [0.15, 0.2) is 6.10 Å². The van der Waals surface area contributed by atoms with Crippen molar-refractivity contribution in [2.24, 2.45) is 5.10 Å². The van der Waals surface area contributed by atoms with E-state index in [0.717, 1.165) is 29.0 Å². The zero-order chi connectivity index (χ0) is 38.0. The second-order valence-electron chi connectivity index (χ2n) is 14.4. The Morgan fingerprint density at radius 3 is 2.06 bits per heavy atom. The van der Waals surface area contributed by atoms with Crippen molar-refractivity contribution in [3.8, 4) is 11.5 Å². The fraction of sp³-hybridized carbons (Fsp3) is 0.357. The molecule has 2 atom stereocenters. The molecule has 0 fully saturated rings. The van der Waals surface area contributed by atoms with Gasteiger partial charge in [0.2, 0.25) is 6.10 Å². The normalized spacial score (nSPS) is 15.4. The minimum Gasteiger partial charge on any atom is -0.480 e. The van der Waals surface area contributed by atoms with Crippen LogP contribution in [0.3, 0.4) is 0 Å². The van der Waals surface area contributed by atoms with Gasteiger partial charge in [-0.15, -0.1) is 0 Å². The second kappa shape index (κ2) is 15.9. The number of nitrogens with one attached hydrogen (secondary N) is 1. The van der Waals surface area contributed by atoms with Crippen molar-refractivity contribution in [3.05, 3.63) is 116 Å². The number of halogens is 3. The summed E-state index contributed by atoms with van der Waals surface area (Å²) < 4.78 is 12.6. The maximum absolute atomic E-state index is 14.0. The average molecular weight is 763 g/mol. The Morgan fingerprint density at radius 1 is 0.865 bits per heavy atom. The number of rotatable bonds is 13. The third-order valence-electron chi connectivity index (χ3n) is 9.99. The van der Waals surface area contributed by atoms with Gasteiger partial charge in [0.1, 0.15) is 22.9 Å². The Kier molecular flexibility index (Phi) is 12.0. The average Bonchev–Trinajstić information content (AvgIpc) is 3.42. The first-order chi connectivity index (χ1) is 24.6. The van der Waals surface area contributed by atoms with E-state index >= 15 is 0 Å². The van der Waals surface area contributed by atoms with Crippen LogP contribution >= 0.6 is 34.8 Å². The summed E-state index contributed by atoms with van der Waals surface area (Å²) in [5.41, 5.74) is 4.70. The summed E-state index contributed by atoms with van der Waals surface area (Å²) in [5, 5.41) is 9.49. The highest BCUT2D eigenvalue weighted by Gasteiger charge is 2.41. The van der Waals surface area contributed by atoms with Gasteiger partial charge in [-0.2, -0.15) is 10.1 Å². The van der Waals surface area contributed by atoms with E-state index < -0.39 is 18.1 Å². The molecule has 1 aliphatic heterocycles. The molecule has 10 heteroatoms. The van der Waals surface area contributed by atoms with E-state index in [0.29, 0.717) is 39.9 Å². The van der Waals surface area contributed by atoms with E-state index in [1.165, 1.54) is 5.56 Å². The third-order valence-corrected chi connectivity index (χ3v) is 10.8. The molecule has 2 amide bonds. The van der Waals surface area contributed by atoms with E-state index in [2.05, 4.69) is 64.1 Å². The predicted molar refractivity (Wildman–Crippen MR) is 214 cm³/mol. The summed E-state index contributed by atoms with van der Waals surface area (Å²) in [5.74, 6) is 0.346. The lowest BCUT2D eigenvalue weighted by Gasteiger charge is -2.31. The summed E-state index contributed by atoms with van der Waals surface area (Å²) in [6.07, 6.45) is 0.441. The van der Waals surface area contributed by atoms with Crippen molar-refractivity contribution in [1.82, 2.24) is 0 Å². The van der Waals surface area contributed by atoms with Crippen LogP contribution < -0.4 is 19.8 Å². The molecule has 4 aromatic carbocycles. The minimum absolute atomic E-state index is 0.000764. The highest BCUT2D eigenvalue weighted by Crippen LogP contribution is 2.41. The third kappa shape index (κ3) is 8.43. The lowest BCUT2D eigenvalue weighted by atomic mass is 9.76. The topological polar surface area (TPSA) is 80.2 Å². The number of carbonyl (C=O) groups is 2. The maximum Gasteiger partial charge on any atom is 0.294 e. The molecule has 0 radical (unpaired) electrons. The van der Waals surface area contributed by atoms with Crippen LogP contribution in [-0.4, -0.2) is 29.7 Å². The Labute approximate surface area is 322 Å². The maximum atomic E-state index is 14.0. The first-order valence-electron chi connectivity index (χ1n) is 17.6. The number of nitrogens with zero attached hydrogens (tertiary/aromatic N) is 2. The van der Waals surface area contributed by atoms with Crippen LogP contribution in [0.1, 0.15) is 90.0 Å². The van der Waals surface area contributed by atoms with Crippen molar-refractivity contribution in [3.63, 3.8) is 0 Å². The molecule has 2 unspecified atom stereocenters. The molecule has 4 aromatic rings. The summed E-state index contributed by atoms with van der Waals surface area (Å²) in [4.78, 5) is 27.7. The van der Waals surface area contributed by atoms with E-state index in [1.54, 1.807) is 48.5 Å². The van der Waals surface area contributed by atoms with Crippen LogP contribution in [0.4, 0.5) is 11.4 Å². The molecule has 1 N–H and O–H groups in total. The second-order valence-corrected chi connectivity index (χ2v) is 15.7. The molecule has 5 rings (SSSR count). The Hall–Kier alpha value is -4.04. The first kappa shape index (κ1) is 39.2. The van der Waals surface area contributed by atoms with Gasteiger partial charge in [-0.25, -0.2) is 0 Å². The summed E-state index contributed by atoms with van der Waals surface area (Å²) >= 11 is 19.8. The summed E-state index contributed by atoms with van der Waals surface area (Å²) in [6, 6.07) is 23.7. The van der Waals surface area contributed by atoms with Gasteiger partial charge in [0.05, 0.1) is 10.0 Å². The monoisotopic (exact) mass is 761 g/mol. The number of hydrogen-bond donors (Lipinski definition) is 1. The van der Waals surface area contributed by atoms with Crippen LogP contribution in [0, 0.1) is 6.92 Å². The van der Waals surface area contributed by atoms with Crippen LogP contribution in [0.15, 0.2) is 84.0 Å². The van der Waals surface area contributed by atoms with Gasteiger partial charge in [-0.3, -0.25) is 9.59 Å². The molecule has 274 valence electrons. The number of aryl methyl sites for hydroxylation is 1. The van der Waals surface area contributed by atoms with E-state index in [9.17, 15) is 9.59 Å². The number of ether oxygens (including phenoxy) is 2. The Bertz CT molecular complexity index is 1950. The van der Waals surface area contributed by atoms with Crippen LogP contribution in [0.25, 0.3) is 0 Å². The van der Waals surface area contributed by atoms with Crippen molar-refractivity contribution >= 4 is 63.7 Å². The van der Waals surface area contributed by atoms with Gasteiger partial charge in [-0.05, 0) is 85.0 Å². The zero-order valence-electron chi connectivity index (χ0n) is 30.9. The number of hydrogen-bond acceptors (Lipinski definition) is 5. The van der Waals surface area contributed by atoms with E-state index in [1.807, 2.05) is 32.0 Å². The van der Waals surface area contributed by atoms with Crippen LogP contribution in [0.2, 0.25) is 15.1 Å². The van der Waals surface area contributed by atoms with Crippen molar-refractivity contribution < 1.29 is 19.1 Å². The molecule has 0 aliphatic carbocycles. The van der Waals surface area contributed by atoms with Gasteiger partial charge >= 0.3 is 0 Å². The number of anilines is 2. The molecule has 1 heterocycles. The number of benzene rings is 4. The molecule has 1 aliphatic rings. The predicted octanol–water partition coefficient (Wildman–Crippen LogP) is 11.3. The summed E-state index contributed by atoms with van der Waals surface area (Å²) in [6.45, 7) is 17.0. The largest absolute Gasteiger partial charge is 0.480 e. The number of amides is 2. The molecule has 7 nitrogen and oxygen atoms in total. The zero-order valence-corrected chi connectivity index (χ0v) is 33.2. The minimum atomic E-state index is -1.08. The molecule has 0 spiro atoms. The van der Waals surface area contributed by atoms with Crippen LogP contribution in [-0.2, 0) is 20.4 Å². The molecule has 52 heavy (non-hydrogen) atoms. The fourth-order valence-electron chi connectivity index (χ4n) is 5.80. The highest BCUT2D eigenvalue weighted by atomic mass is 35.5. The van der Waals surface area contributed by atoms with Gasteiger partial charge in [0.25, 0.3) is 11.8 Å². The van der Waals surface area contributed by atoms with Gasteiger partial charge in [-0.1, -0.05) is 125 Å². The molecule has 0 saturated heterocycles. The van der Waals surface area contributed by atoms with Crippen LogP contribution in [0.5, 0.6) is 11.5 Å². The smallest absolute Gasteiger partial charge is 0.294 e. The molecule has 0 saturated carbocycles. The van der Waals surface area contributed by atoms with Gasteiger partial charge in [0, 0.05) is 21.8 Å². The van der Waals surface area contributed by atoms with Crippen molar-refractivity contribution in [1.29, 1.82) is 0 Å². The fourth-order valence-corrected chi connectivity index (χ4v) is 6.58. The first-order valence-corrected chi connectivity index (χ1v) is 18.7. The standard InChI is InChI=1S/C42H46Cl3N3O4/c1-9-34(52-35-21-16-27(41(5,6)10-2)22-31(35)42(7,8)11-3)39(49)46-29-23-32(44)37(33(45)24-29)48-40(50)38(51-30-19-12-25(4)13-20-30)36(47-48)26-14-17-28(43)18-15-26/h12-24,34,38H,9-11H2,1-8H3,(H,46,49). The number of hydrazone groups is 1. The SMILES string of the molecule is CCC(Oc1ccc(C(C)(C)CC)cc1C(C)(C)CC)C(=O)Nc1cc(Cl)c(N2N=C(c3ccc(Cl)cc3)C(Oc3ccc(C)cc3)C2=O)c(Cl)c1. The Balaban J connectivity index is 1.41. The molecular formula is C42H46Cl3N3O4. The summed E-state index contributed by atoms with van der Waals surface area (Å²) in [7, 11) is 0. The highest BCUT2D eigenvalue weighted by molar-refractivity contribution is 6.41. The lowest BCUT2D eigenvalue weighted by Crippen LogP contribution is -2.37. The Morgan fingerprint density at radius 2 is 1.48 bits per heavy atom. The molecular weight excluding hydrogens is 717 g/mol. The lowest BCUT2D eigenvalue weighted by molar-refractivity contribution is -0.123. The van der Waals surface area contributed by atoms with Gasteiger partial charge < -0.3 is 14.8 Å². The quantitative estimate of drug-likeness (QED) is 0.147. The number of carbonyl (C=O) groups excluding carboxylic acids is 2. The molecule has 0 aromatic heterocycles. The van der Waals surface area contributed by atoms with E-state index in [4.69, 9.17) is 44.3 Å². The van der Waals surface area contributed by atoms with E-state index in [-0.39, 0.29) is 32.5 Å². The van der Waals surface area contributed by atoms with Crippen molar-refractivity contribution in [2.75, 3.05) is 10.3 Å². The van der Waals surface area contributed by atoms with Crippen molar-refractivity contribution in [2.45, 2.75) is 97.7 Å². The molecule has 0 bridgehead atoms.